The third kappa shape index (κ3) is 3.61. The smallest absolute Gasteiger partial charge is 0.323 e. The second-order valence-corrected chi connectivity index (χ2v) is 3.09. The number of carboxylic acid groups (broad SMARTS) is 1. The number of aromatic nitrogens is 2. The maximum atomic E-state index is 10.6. The van der Waals surface area contributed by atoms with Crippen molar-refractivity contribution in [2.75, 3.05) is 6.61 Å². The second-order valence-electron chi connectivity index (χ2n) is 3.09. The van der Waals surface area contributed by atoms with Gasteiger partial charge in [0.25, 0.3) is 0 Å². The lowest BCUT2D eigenvalue weighted by Gasteiger charge is -2.10. The normalized spacial score (nSPS) is 12.4. The van der Waals surface area contributed by atoms with E-state index in [1.807, 2.05) is 0 Å². The molecule has 0 aliphatic heterocycles. The zero-order chi connectivity index (χ0) is 11.3. The molecular weight excluding hydrogens is 198 g/mol. The van der Waals surface area contributed by atoms with Crippen LogP contribution in [0.1, 0.15) is 11.4 Å². The first-order valence-electron chi connectivity index (χ1n) is 4.48. The minimum atomic E-state index is -1.08. The van der Waals surface area contributed by atoms with Gasteiger partial charge in [0.2, 0.25) is 0 Å². The molecule has 1 rings (SSSR count). The van der Waals surface area contributed by atoms with Gasteiger partial charge in [0.15, 0.2) is 0 Å². The number of carbonyl (C=O) groups is 1. The van der Waals surface area contributed by atoms with Gasteiger partial charge in [-0.25, -0.2) is 9.97 Å². The first-order chi connectivity index (χ1) is 7.13. The molecule has 1 aromatic rings. The molecule has 6 nitrogen and oxygen atoms in total. The third-order valence-corrected chi connectivity index (χ3v) is 1.87. The van der Waals surface area contributed by atoms with Crippen LogP contribution in [0.2, 0.25) is 0 Å². The molecule has 1 atom stereocenters. The van der Waals surface area contributed by atoms with E-state index in [1.165, 1.54) is 0 Å². The number of aryl methyl sites for hydroxylation is 1. The van der Waals surface area contributed by atoms with Gasteiger partial charge in [0.05, 0.1) is 6.61 Å². The number of aliphatic carboxylic acids is 1. The van der Waals surface area contributed by atoms with Crippen molar-refractivity contribution in [1.29, 1.82) is 0 Å². The predicted octanol–water partition coefficient (Wildman–Crippen LogP) is -0.680. The highest BCUT2D eigenvalue weighted by Gasteiger charge is 2.14. The summed E-state index contributed by atoms with van der Waals surface area (Å²) < 4.78 is 0. The Kier molecular flexibility index (Phi) is 4.14. The van der Waals surface area contributed by atoms with Crippen LogP contribution in [0.15, 0.2) is 12.4 Å². The molecule has 0 saturated heterocycles. The van der Waals surface area contributed by atoms with Gasteiger partial charge in [-0.1, -0.05) is 0 Å². The number of rotatable bonds is 5. The molecule has 1 heterocycles. The maximum Gasteiger partial charge on any atom is 0.323 e. The molecule has 0 saturated carbocycles. The lowest BCUT2D eigenvalue weighted by molar-refractivity contribution is -0.140. The SMILES string of the molecule is Cc1ncc(CN[C@H](CO)C(=O)O)cn1. The van der Waals surface area contributed by atoms with Gasteiger partial charge in [-0.3, -0.25) is 10.1 Å². The molecule has 0 spiro atoms. The molecule has 0 aromatic carbocycles. The number of hydrogen-bond donors (Lipinski definition) is 3. The first-order valence-corrected chi connectivity index (χ1v) is 4.48. The molecule has 3 N–H and O–H groups in total. The van der Waals surface area contributed by atoms with Gasteiger partial charge >= 0.3 is 5.97 Å². The Bertz CT molecular complexity index is 326. The van der Waals surface area contributed by atoms with Crippen molar-refractivity contribution in [3.63, 3.8) is 0 Å². The van der Waals surface area contributed by atoms with Gasteiger partial charge in [0, 0.05) is 24.5 Å². The van der Waals surface area contributed by atoms with Crippen LogP contribution in [-0.2, 0) is 11.3 Å². The molecule has 0 radical (unpaired) electrons. The van der Waals surface area contributed by atoms with Crippen molar-refractivity contribution in [2.45, 2.75) is 19.5 Å². The van der Waals surface area contributed by atoms with E-state index >= 15 is 0 Å². The van der Waals surface area contributed by atoms with Crippen LogP contribution in [0, 0.1) is 6.92 Å². The highest BCUT2D eigenvalue weighted by Crippen LogP contribution is 1.95. The van der Waals surface area contributed by atoms with E-state index in [-0.39, 0.29) is 0 Å². The van der Waals surface area contributed by atoms with Crippen molar-refractivity contribution < 1.29 is 15.0 Å². The molecule has 0 amide bonds. The minimum Gasteiger partial charge on any atom is -0.480 e. The Morgan fingerprint density at radius 3 is 2.60 bits per heavy atom. The largest absolute Gasteiger partial charge is 0.480 e. The summed E-state index contributed by atoms with van der Waals surface area (Å²) in [5, 5.41) is 20.1. The summed E-state index contributed by atoms with van der Waals surface area (Å²) in [6, 6.07) is -0.952. The van der Waals surface area contributed by atoms with E-state index in [2.05, 4.69) is 15.3 Å². The van der Waals surface area contributed by atoms with Gasteiger partial charge in [-0.15, -0.1) is 0 Å². The Morgan fingerprint density at radius 1 is 1.53 bits per heavy atom. The van der Waals surface area contributed by atoms with Crippen molar-refractivity contribution in [1.82, 2.24) is 15.3 Å². The van der Waals surface area contributed by atoms with Gasteiger partial charge in [-0.05, 0) is 6.92 Å². The van der Waals surface area contributed by atoms with Crippen molar-refractivity contribution in [3.05, 3.63) is 23.8 Å². The molecule has 0 fully saturated rings. The highest BCUT2D eigenvalue weighted by molar-refractivity contribution is 5.73. The fraction of sp³-hybridized carbons (Fsp3) is 0.444. The van der Waals surface area contributed by atoms with Gasteiger partial charge in [0.1, 0.15) is 11.9 Å². The fourth-order valence-electron chi connectivity index (χ4n) is 0.982. The monoisotopic (exact) mass is 211 g/mol. The summed E-state index contributed by atoms with van der Waals surface area (Å²) in [6.07, 6.45) is 3.23. The molecule has 15 heavy (non-hydrogen) atoms. The van der Waals surface area contributed by atoms with Gasteiger partial charge in [-0.2, -0.15) is 0 Å². The van der Waals surface area contributed by atoms with Crippen LogP contribution in [0.25, 0.3) is 0 Å². The lowest BCUT2D eigenvalue weighted by atomic mass is 10.3. The summed E-state index contributed by atoms with van der Waals surface area (Å²) in [5.74, 6) is -0.416. The van der Waals surface area contributed by atoms with Crippen LogP contribution in [0.3, 0.4) is 0 Å². The Labute approximate surface area is 87.0 Å². The van der Waals surface area contributed by atoms with E-state index in [4.69, 9.17) is 10.2 Å². The average molecular weight is 211 g/mol. The third-order valence-electron chi connectivity index (χ3n) is 1.87. The summed E-state index contributed by atoms with van der Waals surface area (Å²) in [7, 11) is 0. The van der Waals surface area contributed by atoms with Crippen LogP contribution < -0.4 is 5.32 Å². The van der Waals surface area contributed by atoms with E-state index < -0.39 is 18.6 Å². The minimum absolute atomic E-state index is 0.317. The molecule has 0 aliphatic carbocycles. The zero-order valence-electron chi connectivity index (χ0n) is 8.34. The molecule has 0 bridgehead atoms. The molecular formula is C9H13N3O3. The summed E-state index contributed by atoms with van der Waals surface area (Å²) in [5.41, 5.74) is 0.778. The molecule has 1 aromatic heterocycles. The van der Waals surface area contributed by atoms with E-state index in [1.54, 1.807) is 19.3 Å². The highest BCUT2D eigenvalue weighted by atomic mass is 16.4. The van der Waals surface area contributed by atoms with E-state index in [0.717, 1.165) is 5.56 Å². The molecule has 6 heteroatoms. The fourth-order valence-corrected chi connectivity index (χ4v) is 0.982. The zero-order valence-corrected chi connectivity index (χ0v) is 8.34. The Balaban J connectivity index is 2.49. The van der Waals surface area contributed by atoms with Crippen molar-refractivity contribution >= 4 is 5.97 Å². The summed E-state index contributed by atoms with van der Waals surface area (Å²) in [6.45, 7) is 1.64. The van der Waals surface area contributed by atoms with E-state index in [0.29, 0.717) is 12.4 Å². The maximum absolute atomic E-state index is 10.6. The van der Waals surface area contributed by atoms with Crippen molar-refractivity contribution in [3.8, 4) is 0 Å². The lowest BCUT2D eigenvalue weighted by Crippen LogP contribution is -2.39. The number of aliphatic hydroxyl groups is 1. The summed E-state index contributed by atoms with van der Waals surface area (Å²) >= 11 is 0. The standard InChI is InChI=1S/C9H13N3O3/c1-6-10-2-7(3-11-6)4-12-8(5-13)9(14)15/h2-3,8,12-13H,4-5H2,1H3,(H,14,15)/t8-/m1/s1. The molecule has 0 aliphatic rings. The Morgan fingerprint density at radius 2 is 2.13 bits per heavy atom. The number of aliphatic hydroxyl groups excluding tert-OH is 1. The quantitative estimate of drug-likeness (QED) is 0.597. The second kappa shape index (κ2) is 5.38. The Hall–Kier alpha value is -1.53. The van der Waals surface area contributed by atoms with Crippen molar-refractivity contribution in [2.24, 2.45) is 0 Å². The van der Waals surface area contributed by atoms with Crippen LogP contribution in [-0.4, -0.2) is 38.8 Å². The topological polar surface area (TPSA) is 95.3 Å². The van der Waals surface area contributed by atoms with Crippen LogP contribution in [0.5, 0.6) is 0 Å². The molecule has 0 unspecified atom stereocenters. The number of nitrogens with one attached hydrogen (secondary N) is 1. The average Bonchev–Trinajstić information content (AvgIpc) is 2.21. The number of carboxylic acids is 1. The van der Waals surface area contributed by atoms with Crippen LogP contribution >= 0.6 is 0 Å². The number of hydrogen-bond acceptors (Lipinski definition) is 5. The van der Waals surface area contributed by atoms with E-state index in [9.17, 15) is 4.79 Å². The molecule has 82 valence electrons. The van der Waals surface area contributed by atoms with Gasteiger partial charge < -0.3 is 10.2 Å². The first kappa shape index (κ1) is 11.5. The predicted molar refractivity (Wildman–Crippen MR) is 52.1 cm³/mol. The summed E-state index contributed by atoms with van der Waals surface area (Å²) in [4.78, 5) is 18.5. The van der Waals surface area contributed by atoms with Crippen LogP contribution in [0.4, 0.5) is 0 Å². The number of nitrogens with zero attached hydrogens (tertiary/aromatic N) is 2.